The minimum Gasteiger partial charge on any atom is -0.377 e. The molecule has 3 nitrogen and oxygen atoms in total. The van der Waals surface area contributed by atoms with Gasteiger partial charge < -0.3 is 14.8 Å². The SMILES string of the molecule is C1CCC(NC2COCCOC2)C1. The van der Waals surface area contributed by atoms with E-state index in [1.807, 2.05) is 0 Å². The third-order valence-electron chi connectivity index (χ3n) is 2.84. The van der Waals surface area contributed by atoms with E-state index in [-0.39, 0.29) is 0 Å². The van der Waals surface area contributed by atoms with Crippen molar-refractivity contribution in [2.24, 2.45) is 0 Å². The maximum atomic E-state index is 5.43. The van der Waals surface area contributed by atoms with Crippen LogP contribution in [0.4, 0.5) is 0 Å². The lowest BCUT2D eigenvalue weighted by Gasteiger charge is -2.20. The molecular weight excluding hydrogens is 166 g/mol. The molecule has 0 aromatic rings. The molecule has 1 saturated heterocycles. The van der Waals surface area contributed by atoms with E-state index in [2.05, 4.69) is 5.32 Å². The Morgan fingerprint density at radius 1 is 0.846 bits per heavy atom. The molecule has 0 spiro atoms. The molecule has 2 fully saturated rings. The number of hydrogen-bond acceptors (Lipinski definition) is 3. The maximum absolute atomic E-state index is 5.43. The van der Waals surface area contributed by atoms with E-state index >= 15 is 0 Å². The zero-order chi connectivity index (χ0) is 8.93. The summed E-state index contributed by atoms with van der Waals surface area (Å²) in [6, 6.07) is 1.14. The number of nitrogens with one attached hydrogen (secondary N) is 1. The predicted molar refractivity (Wildman–Crippen MR) is 50.8 cm³/mol. The first kappa shape index (κ1) is 9.44. The highest BCUT2D eigenvalue weighted by atomic mass is 16.5. The summed E-state index contributed by atoms with van der Waals surface area (Å²) in [5.74, 6) is 0. The molecule has 1 saturated carbocycles. The largest absolute Gasteiger partial charge is 0.377 e. The van der Waals surface area contributed by atoms with Crippen LogP contribution < -0.4 is 5.32 Å². The molecule has 2 rings (SSSR count). The Morgan fingerprint density at radius 2 is 1.46 bits per heavy atom. The number of hydrogen-bond donors (Lipinski definition) is 1. The second-order valence-electron chi connectivity index (χ2n) is 3.99. The average molecular weight is 185 g/mol. The van der Waals surface area contributed by atoms with Crippen molar-refractivity contribution in [1.82, 2.24) is 5.32 Å². The average Bonchev–Trinajstić information content (AvgIpc) is 2.49. The number of rotatable bonds is 2. The van der Waals surface area contributed by atoms with Gasteiger partial charge in [0.1, 0.15) is 0 Å². The highest BCUT2D eigenvalue weighted by Crippen LogP contribution is 2.18. The first-order valence-corrected chi connectivity index (χ1v) is 5.37. The van der Waals surface area contributed by atoms with Crippen molar-refractivity contribution in [2.45, 2.75) is 37.8 Å². The van der Waals surface area contributed by atoms with Crippen molar-refractivity contribution >= 4 is 0 Å². The van der Waals surface area contributed by atoms with Gasteiger partial charge in [0.15, 0.2) is 0 Å². The summed E-state index contributed by atoms with van der Waals surface area (Å²) in [5.41, 5.74) is 0. The lowest BCUT2D eigenvalue weighted by atomic mass is 10.2. The molecular formula is C10H19NO2. The quantitative estimate of drug-likeness (QED) is 0.694. The summed E-state index contributed by atoms with van der Waals surface area (Å²) in [6.45, 7) is 3.14. The van der Waals surface area contributed by atoms with Crippen LogP contribution in [0.1, 0.15) is 25.7 Å². The van der Waals surface area contributed by atoms with Crippen LogP contribution in [0.25, 0.3) is 0 Å². The first-order valence-electron chi connectivity index (χ1n) is 5.37. The van der Waals surface area contributed by atoms with Gasteiger partial charge in [-0.1, -0.05) is 12.8 Å². The van der Waals surface area contributed by atoms with Crippen molar-refractivity contribution < 1.29 is 9.47 Å². The molecule has 76 valence electrons. The Kier molecular flexibility index (Phi) is 3.58. The maximum Gasteiger partial charge on any atom is 0.0701 e. The summed E-state index contributed by atoms with van der Waals surface area (Å²) in [7, 11) is 0. The van der Waals surface area contributed by atoms with E-state index in [0.717, 1.165) is 32.5 Å². The Balaban J connectivity index is 1.71. The second kappa shape index (κ2) is 4.94. The minimum absolute atomic E-state index is 0.422. The van der Waals surface area contributed by atoms with Crippen LogP contribution in [-0.4, -0.2) is 38.5 Å². The predicted octanol–water partition coefficient (Wildman–Crippen LogP) is 0.934. The summed E-state index contributed by atoms with van der Waals surface area (Å²) < 4.78 is 10.9. The fourth-order valence-corrected chi connectivity index (χ4v) is 2.14. The van der Waals surface area contributed by atoms with Gasteiger partial charge in [0.2, 0.25) is 0 Å². The Hall–Kier alpha value is -0.120. The van der Waals surface area contributed by atoms with Gasteiger partial charge in [-0.2, -0.15) is 0 Å². The molecule has 1 heterocycles. The molecule has 1 aliphatic heterocycles. The number of ether oxygens (including phenoxy) is 2. The van der Waals surface area contributed by atoms with Crippen LogP contribution in [0.15, 0.2) is 0 Å². The lowest BCUT2D eigenvalue weighted by molar-refractivity contribution is 0.103. The molecule has 0 amide bonds. The Morgan fingerprint density at radius 3 is 2.08 bits per heavy atom. The summed E-state index contributed by atoms with van der Waals surface area (Å²) in [4.78, 5) is 0. The molecule has 1 aliphatic carbocycles. The van der Waals surface area contributed by atoms with E-state index in [0.29, 0.717) is 6.04 Å². The van der Waals surface area contributed by atoms with E-state index in [4.69, 9.17) is 9.47 Å². The molecule has 0 radical (unpaired) electrons. The molecule has 0 aromatic heterocycles. The molecule has 1 N–H and O–H groups in total. The fourth-order valence-electron chi connectivity index (χ4n) is 2.14. The molecule has 0 aromatic carbocycles. The van der Waals surface area contributed by atoms with Gasteiger partial charge in [-0.3, -0.25) is 0 Å². The van der Waals surface area contributed by atoms with Crippen LogP contribution in [0.3, 0.4) is 0 Å². The second-order valence-corrected chi connectivity index (χ2v) is 3.99. The van der Waals surface area contributed by atoms with Crippen molar-refractivity contribution in [3.8, 4) is 0 Å². The van der Waals surface area contributed by atoms with E-state index < -0.39 is 0 Å². The summed E-state index contributed by atoms with van der Waals surface area (Å²) in [5, 5.41) is 3.61. The van der Waals surface area contributed by atoms with Crippen LogP contribution >= 0.6 is 0 Å². The molecule has 0 unspecified atom stereocenters. The first-order chi connectivity index (χ1) is 6.45. The standard InChI is InChI=1S/C10H19NO2/c1-2-4-9(3-1)11-10-7-12-5-6-13-8-10/h9-11H,1-8H2. The zero-order valence-electron chi connectivity index (χ0n) is 8.13. The van der Waals surface area contributed by atoms with Gasteiger partial charge in [0.25, 0.3) is 0 Å². The zero-order valence-corrected chi connectivity index (χ0v) is 8.13. The molecule has 0 bridgehead atoms. The topological polar surface area (TPSA) is 30.5 Å². The van der Waals surface area contributed by atoms with Crippen molar-refractivity contribution in [3.63, 3.8) is 0 Å². The van der Waals surface area contributed by atoms with Crippen LogP contribution in [0.2, 0.25) is 0 Å². The van der Waals surface area contributed by atoms with Crippen molar-refractivity contribution in [2.75, 3.05) is 26.4 Å². The summed E-state index contributed by atoms with van der Waals surface area (Å²) in [6.07, 6.45) is 5.42. The van der Waals surface area contributed by atoms with Crippen molar-refractivity contribution in [1.29, 1.82) is 0 Å². The highest BCUT2D eigenvalue weighted by molar-refractivity contribution is 4.79. The molecule has 3 heteroatoms. The molecule has 2 aliphatic rings. The van der Waals surface area contributed by atoms with Crippen molar-refractivity contribution in [3.05, 3.63) is 0 Å². The molecule has 13 heavy (non-hydrogen) atoms. The van der Waals surface area contributed by atoms with E-state index in [1.165, 1.54) is 25.7 Å². The van der Waals surface area contributed by atoms with Crippen LogP contribution in [0, 0.1) is 0 Å². The lowest BCUT2D eigenvalue weighted by Crippen LogP contribution is -2.41. The van der Waals surface area contributed by atoms with Gasteiger partial charge in [0, 0.05) is 6.04 Å². The van der Waals surface area contributed by atoms with Gasteiger partial charge >= 0.3 is 0 Å². The fraction of sp³-hybridized carbons (Fsp3) is 1.00. The van der Waals surface area contributed by atoms with Gasteiger partial charge in [-0.15, -0.1) is 0 Å². The third kappa shape index (κ3) is 2.93. The normalized spacial score (nSPS) is 27.7. The smallest absolute Gasteiger partial charge is 0.0701 e. The Bertz CT molecular complexity index is 138. The highest BCUT2D eigenvalue weighted by Gasteiger charge is 2.20. The monoisotopic (exact) mass is 185 g/mol. The Labute approximate surface area is 79.8 Å². The van der Waals surface area contributed by atoms with E-state index in [1.54, 1.807) is 0 Å². The van der Waals surface area contributed by atoms with Gasteiger partial charge in [-0.25, -0.2) is 0 Å². The minimum atomic E-state index is 0.422. The van der Waals surface area contributed by atoms with Gasteiger partial charge in [-0.05, 0) is 12.8 Å². The van der Waals surface area contributed by atoms with Crippen LogP contribution in [-0.2, 0) is 9.47 Å². The van der Waals surface area contributed by atoms with Gasteiger partial charge in [0.05, 0.1) is 32.5 Å². The summed E-state index contributed by atoms with van der Waals surface area (Å²) >= 11 is 0. The van der Waals surface area contributed by atoms with Crippen LogP contribution in [0.5, 0.6) is 0 Å². The molecule has 0 atom stereocenters. The third-order valence-corrected chi connectivity index (χ3v) is 2.84. The van der Waals surface area contributed by atoms with E-state index in [9.17, 15) is 0 Å².